The van der Waals surface area contributed by atoms with Gasteiger partial charge in [0.2, 0.25) is 0 Å². The highest BCUT2D eigenvalue weighted by Gasteiger charge is 2.18. The van der Waals surface area contributed by atoms with Gasteiger partial charge in [0, 0.05) is 15.5 Å². The minimum absolute atomic E-state index is 0.256. The number of nitrogen functional groups attached to an aromatic ring is 1. The van der Waals surface area contributed by atoms with Gasteiger partial charge in [-0.05, 0) is 43.3 Å². The predicted molar refractivity (Wildman–Crippen MR) is 82.3 cm³/mol. The second kappa shape index (κ2) is 6.83. The number of rotatable bonds is 4. The average Bonchev–Trinajstić information content (AvgIpc) is 2.44. The van der Waals surface area contributed by atoms with Gasteiger partial charge in [0.05, 0.1) is 17.2 Å². The van der Waals surface area contributed by atoms with Gasteiger partial charge in [-0.25, -0.2) is 9.18 Å². The van der Waals surface area contributed by atoms with Gasteiger partial charge in [-0.1, -0.05) is 23.4 Å². The molecule has 3 nitrogen and oxygen atoms in total. The second-order valence-electron chi connectivity index (χ2n) is 4.16. The van der Waals surface area contributed by atoms with Crippen molar-refractivity contribution in [2.24, 2.45) is 0 Å². The molecule has 6 heteroatoms. The van der Waals surface area contributed by atoms with Crippen LogP contribution in [0.1, 0.15) is 17.3 Å². The Morgan fingerprint density at radius 1 is 1.33 bits per heavy atom. The molecule has 0 aliphatic carbocycles. The Kier molecular flexibility index (Phi) is 5.09. The number of ether oxygens (including phenoxy) is 1. The molecule has 0 radical (unpaired) electrons. The number of esters is 1. The van der Waals surface area contributed by atoms with Crippen molar-refractivity contribution in [2.75, 3.05) is 12.3 Å². The van der Waals surface area contributed by atoms with Crippen molar-refractivity contribution in [3.05, 3.63) is 52.8 Å². The molecular weight excluding hydrogens is 313 g/mol. The van der Waals surface area contributed by atoms with Crippen molar-refractivity contribution in [2.45, 2.75) is 16.7 Å². The van der Waals surface area contributed by atoms with Crippen molar-refractivity contribution in [1.82, 2.24) is 0 Å². The minimum atomic E-state index is -0.490. The zero-order valence-electron chi connectivity index (χ0n) is 11.2. The number of anilines is 1. The molecule has 0 saturated heterocycles. The molecule has 2 aromatic rings. The Labute approximate surface area is 131 Å². The first-order valence-corrected chi connectivity index (χ1v) is 7.40. The van der Waals surface area contributed by atoms with E-state index in [0.717, 1.165) is 4.90 Å². The highest BCUT2D eigenvalue weighted by molar-refractivity contribution is 7.99. The summed E-state index contributed by atoms with van der Waals surface area (Å²) in [5.74, 6) is -0.815. The summed E-state index contributed by atoms with van der Waals surface area (Å²) in [7, 11) is 0. The number of benzene rings is 2. The number of carbonyl (C=O) groups excluding carboxylic acids is 1. The van der Waals surface area contributed by atoms with E-state index >= 15 is 0 Å². The maximum absolute atomic E-state index is 12.9. The molecule has 0 aromatic heterocycles. The van der Waals surface area contributed by atoms with Gasteiger partial charge in [-0.15, -0.1) is 0 Å². The maximum Gasteiger partial charge on any atom is 0.339 e. The zero-order valence-corrected chi connectivity index (χ0v) is 12.8. The van der Waals surface area contributed by atoms with Crippen LogP contribution in [0.5, 0.6) is 0 Å². The Bertz CT molecular complexity index is 661. The fourth-order valence-corrected chi connectivity index (χ4v) is 2.96. The first kappa shape index (κ1) is 15.7. The van der Waals surface area contributed by atoms with Gasteiger partial charge in [0.25, 0.3) is 0 Å². The summed E-state index contributed by atoms with van der Waals surface area (Å²) in [6, 6.07) is 9.00. The van der Waals surface area contributed by atoms with Gasteiger partial charge < -0.3 is 10.5 Å². The van der Waals surface area contributed by atoms with E-state index in [1.54, 1.807) is 25.1 Å². The number of halogens is 2. The molecule has 0 fully saturated rings. The van der Waals surface area contributed by atoms with Crippen LogP contribution in [0, 0.1) is 5.82 Å². The number of hydrogen-bond acceptors (Lipinski definition) is 4. The lowest BCUT2D eigenvalue weighted by atomic mass is 10.2. The molecule has 2 N–H and O–H groups in total. The van der Waals surface area contributed by atoms with Crippen molar-refractivity contribution >= 4 is 35.0 Å². The van der Waals surface area contributed by atoms with Gasteiger partial charge >= 0.3 is 5.97 Å². The van der Waals surface area contributed by atoms with Gasteiger partial charge in [0.15, 0.2) is 0 Å². The number of hydrogen-bond donors (Lipinski definition) is 1. The van der Waals surface area contributed by atoms with E-state index in [9.17, 15) is 9.18 Å². The van der Waals surface area contributed by atoms with Crippen molar-refractivity contribution in [3.63, 3.8) is 0 Å². The van der Waals surface area contributed by atoms with Crippen LogP contribution >= 0.6 is 23.4 Å². The quantitative estimate of drug-likeness (QED) is 0.669. The molecule has 21 heavy (non-hydrogen) atoms. The van der Waals surface area contributed by atoms with Crippen LogP contribution in [0.4, 0.5) is 10.1 Å². The van der Waals surface area contributed by atoms with E-state index in [1.165, 1.54) is 30.0 Å². The van der Waals surface area contributed by atoms with Crippen LogP contribution in [0.2, 0.25) is 5.02 Å². The van der Waals surface area contributed by atoms with Crippen LogP contribution in [0.25, 0.3) is 0 Å². The minimum Gasteiger partial charge on any atom is -0.462 e. The second-order valence-corrected chi connectivity index (χ2v) is 5.65. The Morgan fingerprint density at radius 3 is 2.62 bits per heavy atom. The largest absolute Gasteiger partial charge is 0.462 e. The van der Waals surface area contributed by atoms with E-state index in [1.807, 2.05) is 0 Å². The molecule has 2 aromatic carbocycles. The van der Waals surface area contributed by atoms with Gasteiger partial charge in [-0.3, -0.25) is 0 Å². The third-order valence-electron chi connectivity index (χ3n) is 2.59. The summed E-state index contributed by atoms with van der Waals surface area (Å²) >= 11 is 7.43. The first-order valence-electron chi connectivity index (χ1n) is 6.20. The number of nitrogens with two attached hydrogens (primary N) is 1. The SMILES string of the molecule is CCOC(=O)c1cc(N)cc(Cl)c1Sc1ccc(F)cc1. The highest BCUT2D eigenvalue weighted by Crippen LogP contribution is 2.38. The lowest BCUT2D eigenvalue weighted by Gasteiger charge is -2.11. The zero-order chi connectivity index (χ0) is 15.4. The first-order chi connectivity index (χ1) is 10.0. The monoisotopic (exact) mass is 325 g/mol. The fourth-order valence-electron chi connectivity index (χ4n) is 1.70. The Balaban J connectivity index is 2.41. The molecule has 2 rings (SSSR count). The lowest BCUT2D eigenvalue weighted by molar-refractivity contribution is 0.0522. The molecule has 0 atom stereocenters. The fraction of sp³-hybridized carbons (Fsp3) is 0.133. The topological polar surface area (TPSA) is 52.3 Å². The molecule has 0 aliphatic rings. The van der Waals surface area contributed by atoms with E-state index < -0.39 is 5.97 Å². The summed E-state index contributed by atoms with van der Waals surface area (Å²) in [6.45, 7) is 1.98. The van der Waals surface area contributed by atoms with E-state index in [2.05, 4.69) is 0 Å². The van der Waals surface area contributed by atoms with Crippen LogP contribution < -0.4 is 5.73 Å². The van der Waals surface area contributed by atoms with Crippen LogP contribution in [0.3, 0.4) is 0 Å². The maximum atomic E-state index is 12.9. The smallest absolute Gasteiger partial charge is 0.339 e. The van der Waals surface area contributed by atoms with Gasteiger partial charge in [-0.2, -0.15) is 0 Å². The lowest BCUT2D eigenvalue weighted by Crippen LogP contribution is -2.07. The Hall–Kier alpha value is -1.72. The molecule has 0 saturated carbocycles. The van der Waals surface area contributed by atoms with E-state index in [0.29, 0.717) is 21.2 Å². The molecule has 0 amide bonds. The average molecular weight is 326 g/mol. The summed E-state index contributed by atoms with van der Waals surface area (Å²) in [5, 5.41) is 0.354. The van der Waals surface area contributed by atoms with Crippen LogP contribution in [-0.4, -0.2) is 12.6 Å². The van der Waals surface area contributed by atoms with Crippen molar-refractivity contribution in [3.8, 4) is 0 Å². The van der Waals surface area contributed by atoms with Crippen molar-refractivity contribution < 1.29 is 13.9 Å². The summed E-state index contributed by atoms with van der Waals surface area (Å²) in [4.78, 5) is 13.3. The molecule has 0 heterocycles. The molecule has 0 bridgehead atoms. The third-order valence-corrected chi connectivity index (χ3v) is 4.16. The predicted octanol–water partition coefficient (Wildman–Crippen LogP) is 4.39. The standard InChI is InChI=1S/C15H13ClFNO2S/c1-2-20-15(19)12-7-10(18)8-13(16)14(12)21-11-5-3-9(17)4-6-11/h3-8H,2,18H2,1H3. The third kappa shape index (κ3) is 3.89. The molecular formula is C15H13ClFNO2S. The van der Waals surface area contributed by atoms with Crippen LogP contribution in [0.15, 0.2) is 46.2 Å². The number of carbonyl (C=O) groups is 1. The van der Waals surface area contributed by atoms with E-state index in [4.69, 9.17) is 22.1 Å². The molecule has 0 unspecified atom stereocenters. The van der Waals surface area contributed by atoms with E-state index in [-0.39, 0.29) is 12.4 Å². The highest BCUT2D eigenvalue weighted by atomic mass is 35.5. The van der Waals surface area contributed by atoms with Crippen LogP contribution in [-0.2, 0) is 4.74 Å². The molecule has 110 valence electrons. The summed E-state index contributed by atoms with van der Waals surface area (Å²) in [5.41, 5.74) is 6.41. The van der Waals surface area contributed by atoms with Gasteiger partial charge in [0.1, 0.15) is 5.82 Å². The molecule has 0 aliphatic heterocycles. The Morgan fingerprint density at radius 2 is 2.00 bits per heavy atom. The normalized spacial score (nSPS) is 10.4. The summed E-state index contributed by atoms with van der Waals surface area (Å²) < 4.78 is 17.9. The molecule has 0 spiro atoms. The summed E-state index contributed by atoms with van der Waals surface area (Å²) in [6.07, 6.45) is 0. The van der Waals surface area contributed by atoms with Crippen molar-refractivity contribution in [1.29, 1.82) is 0 Å².